The number of imidazole rings is 1. The van der Waals surface area contributed by atoms with Crippen molar-refractivity contribution in [2.24, 2.45) is 0 Å². The fraction of sp³-hybridized carbons (Fsp3) is 0.333. The summed E-state index contributed by atoms with van der Waals surface area (Å²) in [6.45, 7) is 2.57. The molecule has 0 spiro atoms. The predicted molar refractivity (Wildman–Crippen MR) is 156 cm³/mol. The number of anilines is 1. The molecule has 4 rings (SSSR count). The van der Waals surface area contributed by atoms with Crippen molar-refractivity contribution < 1.29 is 37.1 Å². The first-order valence-corrected chi connectivity index (χ1v) is 15.3. The van der Waals surface area contributed by atoms with Crippen molar-refractivity contribution in [2.75, 3.05) is 38.8 Å². The van der Waals surface area contributed by atoms with Gasteiger partial charge in [0.2, 0.25) is 0 Å². The van der Waals surface area contributed by atoms with Gasteiger partial charge in [-0.05, 0) is 36.2 Å². The summed E-state index contributed by atoms with van der Waals surface area (Å²) in [5, 5.41) is 0.574. The quantitative estimate of drug-likeness (QED) is 0.101. The number of carbonyl (C=O) groups is 2. The summed E-state index contributed by atoms with van der Waals surface area (Å²) >= 11 is 4.36. The molecule has 1 aliphatic rings. The first-order valence-electron chi connectivity index (χ1n) is 12.3. The highest BCUT2D eigenvalue weighted by Gasteiger charge is 2.52. The van der Waals surface area contributed by atoms with Crippen LogP contribution < -0.4 is 19.1 Å². The lowest BCUT2D eigenvalue weighted by atomic mass is 10.2. The van der Waals surface area contributed by atoms with E-state index in [2.05, 4.69) is 9.50 Å². The first-order chi connectivity index (χ1) is 19.0. The number of ether oxygens (including phenoxy) is 3. The summed E-state index contributed by atoms with van der Waals surface area (Å²) in [6.07, 6.45) is 0.629. The maximum Gasteiger partial charge on any atom is 0.445 e. The van der Waals surface area contributed by atoms with Gasteiger partial charge in [0, 0.05) is 38.9 Å². The minimum absolute atomic E-state index is 0.0229. The van der Waals surface area contributed by atoms with Crippen LogP contribution in [-0.4, -0.2) is 68.5 Å². The largest absolute Gasteiger partial charge is 0.490 e. The molecule has 0 bridgehead atoms. The Bertz CT molecular complexity index is 1420. The molecule has 40 heavy (non-hydrogen) atoms. The molecule has 0 radical (unpaired) electrons. The molecule has 3 amide bonds. The highest BCUT2D eigenvalue weighted by atomic mass is 127. The topological polar surface area (TPSA) is 82.9 Å². The molecule has 214 valence electrons. The van der Waals surface area contributed by atoms with Gasteiger partial charge in [0.1, 0.15) is 24.7 Å². The number of hydrogen-bond acceptors (Lipinski definition) is 6. The van der Waals surface area contributed by atoms with Gasteiger partial charge in [-0.3, -0.25) is 4.57 Å². The van der Waals surface area contributed by atoms with E-state index < -0.39 is 29.3 Å². The van der Waals surface area contributed by atoms with Crippen molar-refractivity contribution in [1.82, 2.24) is 9.55 Å². The molecule has 0 N–H and O–H groups in total. The average Bonchev–Trinajstić information content (AvgIpc) is 3.28. The maximum atomic E-state index is 13.7. The van der Waals surface area contributed by atoms with E-state index >= 15 is 0 Å². The lowest BCUT2D eigenvalue weighted by molar-refractivity contribution is -0.744. The van der Waals surface area contributed by atoms with E-state index in [9.17, 15) is 18.4 Å². The van der Waals surface area contributed by atoms with Gasteiger partial charge in [0.25, 0.3) is 6.01 Å². The van der Waals surface area contributed by atoms with E-state index in [1.165, 1.54) is 17.0 Å². The Balaban J connectivity index is 1.57. The Morgan fingerprint density at radius 3 is 2.45 bits per heavy atom. The molecule has 0 fully saturated rings. The van der Waals surface area contributed by atoms with Crippen LogP contribution >= 0.6 is 32.3 Å². The Morgan fingerprint density at radius 2 is 1.77 bits per heavy atom. The number of benzene rings is 2. The van der Waals surface area contributed by atoms with Crippen molar-refractivity contribution in [3.05, 3.63) is 64.8 Å². The lowest BCUT2D eigenvalue weighted by Gasteiger charge is -2.35. The Morgan fingerprint density at radius 1 is 1.10 bits per heavy atom. The summed E-state index contributed by atoms with van der Waals surface area (Å²) in [7, 11) is 3.19. The van der Waals surface area contributed by atoms with Crippen LogP contribution in [0, 0.1) is 0 Å². The second kappa shape index (κ2) is 12.2. The zero-order valence-corrected chi connectivity index (χ0v) is 25.1. The first kappa shape index (κ1) is 29.9. The van der Waals surface area contributed by atoms with Gasteiger partial charge in [-0.1, -0.05) is 41.2 Å². The molecule has 0 saturated heterocycles. The van der Waals surface area contributed by atoms with E-state index in [0.29, 0.717) is 23.7 Å². The molecule has 1 aliphatic heterocycles. The van der Waals surface area contributed by atoms with Gasteiger partial charge in [-0.15, -0.1) is 0 Å². The summed E-state index contributed by atoms with van der Waals surface area (Å²) < 4.78 is 44.7. The average molecular weight is 690 g/mol. The van der Waals surface area contributed by atoms with E-state index in [1.807, 2.05) is 19.1 Å². The number of halogens is 4. The Hall–Kier alpha value is -3.10. The summed E-state index contributed by atoms with van der Waals surface area (Å²) in [5.74, 6) is 0.130. The van der Waals surface area contributed by atoms with Gasteiger partial charge in [0.05, 0.1) is 20.1 Å². The Labute approximate surface area is 245 Å². The number of aromatic nitrogens is 2. The van der Waals surface area contributed by atoms with Gasteiger partial charge in [-0.25, -0.2) is 14.5 Å². The molecule has 3 aromatic rings. The monoisotopic (exact) mass is 689 g/mol. The van der Waals surface area contributed by atoms with E-state index in [4.69, 9.17) is 25.8 Å². The number of nitrogens with zero attached hydrogens (tertiary/aromatic N) is 4. The number of urea groups is 1. The van der Waals surface area contributed by atoms with Crippen molar-refractivity contribution in [3.63, 3.8) is 0 Å². The van der Waals surface area contributed by atoms with Crippen molar-refractivity contribution in [1.29, 1.82) is 0 Å². The van der Waals surface area contributed by atoms with Crippen LogP contribution in [0.4, 0.5) is 19.4 Å². The molecule has 0 saturated carbocycles. The number of imide groups is 1. The third kappa shape index (κ3) is 6.28. The van der Waals surface area contributed by atoms with E-state index in [1.54, 1.807) is 42.9 Å². The normalized spacial score (nSPS) is 17.1. The molecule has 1 unspecified atom stereocenters. The molecule has 0 aliphatic carbocycles. The predicted octanol–water partition coefficient (Wildman–Crippen LogP) is 5.94. The van der Waals surface area contributed by atoms with Gasteiger partial charge in [-0.2, -0.15) is 18.2 Å². The number of amides is 3. The van der Waals surface area contributed by atoms with Crippen LogP contribution in [0.15, 0.2) is 48.5 Å². The fourth-order valence-corrected chi connectivity index (χ4v) is 4.90. The lowest BCUT2D eigenvalue weighted by Crippen LogP contribution is -2.62. The van der Waals surface area contributed by atoms with E-state index in [0.717, 1.165) is 5.56 Å². The van der Waals surface area contributed by atoms with Crippen LogP contribution in [0.1, 0.15) is 29.4 Å². The minimum Gasteiger partial charge on any atom is -0.490 e. The molecular weight excluding hydrogens is 661 g/mol. The smallest absolute Gasteiger partial charge is 0.445 e. The SMILES string of the molecule is C=IC(F)(F)Oc1cccc(OCCOc2nc3c(n2Cc2ccc(Cl)cc2)C(=O)[N+](C)(CCC)C(=O)N3C)c1. The Kier molecular flexibility index (Phi) is 9.10. The van der Waals surface area contributed by atoms with Crippen LogP contribution in [0.5, 0.6) is 17.5 Å². The third-order valence-corrected chi connectivity index (χ3v) is 7.65. The molecular formula is C27H29ClF2IN4O5+. The van der Waals surface area contributed by atoms with Crippen molar-refractivity contribution >= 4 is 54.6 Å². The van der Waals surface area contributed by atoms with E-state index in [-0.39, 0.29) is 55.0 Å². The fourth-order valence-electron chi connectivity index (χ4n) is 4.36. The molecule has 1 aromatic heterocycles. The van der Waals surface area contributed by atoms with Crippen LogP contribution in [0.2, 0.25) is 5.02 Å². The number of rotatable bonds is 12. The van der Waals surface area contributed by atoms with Crippen molar-refractivity contribution in [3.8, 4) is 17.5 Å². The van der Waals surface area contributed by atoms with Gasteiger partial charge < -0.3 is 14.2 Å². The second-order valence-corrected chi connectivity index (χ2v) is 11.6. The second-order valence-electron chi connectivity index (χ2n) is 9.19. The minimum atomic E-state index is -3.28. The van der Waals surface area contributed by atoms with Crippen LogP contribution in [-0.2, 0) is 6.54 Å². The zero-order chi connectivity index (χ0) is 29.1. The highest BCUT2D eigenvalue weighted by Crippen LogP contribution is 2.35. The third-order valence-electron chi connectivity index (χ3n) is 6.29. The molecule has 2 heterocycles. The highest BCUT2D eigenvalue weighted by molar-refractivity contribution is 14.2. The number of hydrogen-bond donors (Lipinski definition) is 0. The van der Waals surface area contributed by atoms with Gasteiger partial charge >= 0.3 is 16.1 Å². The molecule has 2 aromatic carbocycles. The molecule has 13 heteroatoms. The van der Waals surface area contributed by atoms with Gasteiger partial charge in [0.15, 0.2) is 11.5 Å². The van der Waals surface area contributed by atoms with Crippen LogP contribution in [0.25, 0.3) is 0 Å². The maximum absolute atomic E-state index is 13.7. The van der Waals surface area contributed by atoms with Crippen molar-refractivity contribution in [2.45, 2.75) is 24.0 Å². The van der Waals surface area contributed by atoms with Crippen LogP contribution in [0.3, 0.4) is 0 Å². The molecule has 1 atom stereocenters. The number of fused-ring (bicyclic) bond motifs is 1. The number of alkyl halides is 3. The number of carbonyl (C=O) groups excluding carboxylic acids is 2. The summed E-state index contributed by atoms with van der Waals surface area (Å²) in [4.78, 5) is 32.8. The standard InChI is InChI=1S/C27H29ClF2IN4O5/c1-5-13-35(4)24(36)22-23(33(3)26(35)37)32-25(34(22)17-18-9-11-19(28)12-10-18)39-15-14-38-20-7-6-8-21(16-20)40-27(29,30)31-2/h6-12,16H,2,5,13-15,17H2,1,3-4H3/q+1. The molecule has 9 nitrogen and oxygen atoms in total. The zero-order valence-electron chi connectivity index (χ0n) is 22.2. The number of quaternary nitrogens is 1. The summed E-state index contributed by atoms with van der Waals surface area (Å²) in [5.41, 5.74) is 1.11. The summed E-state index contributed by atoms with van der Waals surface area (Å²) in [6, 6.07) is 12.8.